The van der Waals surface area contributed by atoms with E-state index in [0.29, 0.717) is 16.7 Å². The van der Waals surface area contributed by atoms with Crippen LogP contribution in [0.4, 0.5) is 4.39 Å². The van der Waals surface area contributed by atoms with Crippen LogP contribution in [0, 0.1) is 17.1 Å². The minimum Gasteiger partial charge on any atom is -0.478 e. The summed E-state index contributed by atoms with van der Waals surface area (Å²) in [5.74, 6) is -1.77. The van der Waals surface area contributed by atoms with Crippen LogP contribution in [0.25, 0.3) is 16.7 Å². The lowest BCUT2D eigenvalue weighted by atomic mass is 10.1. The minimum atomic E-state index is -1.12. The lowest BCUT2D eigenvalue weighted by Gasteiger charge is -2.05. The fourth-order valence-electron chi connectivity index (χ4n) is 2.06. The molecule has 0 saturated carbocycles. The van der Waals surface area contributed by atoms with Crippen LogP contribution in [-0.2, 0) is 0 Å². The highest BCUT2D eigenvalue weighted by atomic mass is 19.1. The van der Waals surface area contributed by atoms with Gasteiger partial charge in [0.25, 0.3) is 0 Å². The van der Waals surface area contributed by atoms with Gasteiger partial charge < -0.3 is 5.11 Å². The number of aromatic nitrogens is 3. The quantitative estimate of drug-likeness (QED) is 0.777. The molecule has 0 spiro atoms. The van der Waals surface area contributed by atoms with E-state index in [0.717, 1.165) is 6.07 Å². The molecule has 0 bridgehead atoms. The van der Waals surface area contributed by atoms with Crippen molar-refractivity contribution in [2.75, 3.05) is 0 Å². The monoisotopic (exact) mass is 282 g/mol. The Bertz CT molecular complexity index is 911. The summed E-state index contributed by atoms with van der Waals surface area (Å²) in [5, 5.41) is 25.9. The van der Waals surface area contributed by atoms with Crippen molar-refractivity contribution in [2.45, 2.75) is 0 Å². The third kappa shape index (κ3) is 1.99. The van der Waals surface area contributed by atoms with Crippen LogP contribution in [0.5, 0.6) is 0 Å². The van der Waals surface area contributed by atoms with Gasteiger partial charge in [-0.2, -0.15) is 5.26 Å². The molecule has 21 heavy (non-hydrogen) atoms. The van der Waals surface area contributed by atoms with Crippen molar-refractivity contribution in [2.24, 2.45) is 0 Å². The number of aromatic carboxylic acids is 1. The van der Waals surface area contributed by atoms with Gasteiger partial charge in [-0.05, 0) is 30.3 Å². The van der Waals surface area contributed by atoms with Gasteiger partial charge in [-0.3, -0.25) is 0 Å². The highest BCUT2D eigenvalue weighted by Gasteiger charge is 2.16. The van der Waals surface area contributed by atoms with E-state index in [2.05, 4.69) is 10.3 Å². The fraction of sp³-hybridized carbons (Fsp3) is 0. The van der Waals surface area contributed by atoms with Crippen molar-refractivity contribution in [1.29, 1.82) is 5.26 Å². The summed E-state index contributed by atoms with van der Waals surface area (Å²) in [6.07, 6.45) is 0. The first-order chi connectivity index (χ1) is 10.1. The second-order valence-corrected chi connectivity index (χ2v) is 4.26. The molecule has 7 heteroatoms. The number of carboxylic acids is 1. The molecule has 0 fully saturated rings. The number of hydrogen-bond acceptors (Lipinski definition) is 4. The minimum absolute atomic E-state index is 0.0281. The van der Waals surface area contributed by atoms with E-state index in [1.807, 2.05) is 0 Å². The molecule has 0 amide bonds. The molecule has 6 nitrogen and oxygen atoms in total. The van der Waals surface area contributed by atoms with Gasteiger partial charge in [0.15, 0.2) is 0 Å². The number of nitrogens with zero attached hydrogens (tertiary/aromatic N) is 4. The Labute approximate surface area is 117 Å². The molecule has 3 rings (SSSR count). The number of benzene rings is 2. The molecule has 0 atom stereocenters. The van der Waals surface area contributed by atoms with Crippen molar-refractivity contribution in [3.8, 4) is 11.8 Å². The van der Waals surface area contributed by atoms with Gasteiger partial charge in [-0.25, -0.2) is 13.9 Å². The molecular formula is C14H7FN4O2. The second-order valence-electron chi connectivity index (χ2n) is 4.26. The van der Waals surface area contributed by atoms with Gasteiger partial charge in [0, 0.05) is 0 Å². The summed E-state index contributed by atoms with van der Waals surface area (Å²) in [4.78, 5) is 11.3. The zero-order valence-corrected chi connectivity index (χ0v) is 10.5. The molecule has 0 aliphatic rings. The van der Waals surface area contributed by atoms with Gasteiger partial charge in [0.1, 0.15) is 22.9 Å². The number of hydrogen-bond donors (Lipinski definition) is 1. The van der Waals surface area contributed by atoms with E-state index >= 15 is 0 Å². The Balaban J connectivity index is 2.31. The molecule has 0 aliphatic heterocycles. The third-order valence-corrected chi connectivity index (χ3v) is 3.01. The van der Waals surface area contributed by atoms with Crippen LogP contribution in [-0.4, -0.2) is 26.1 Å². The first-order valence-electron chi connectivity index (χ1n) is 5.89. The van der Waals surface area contributed by atoms with Gasteiger partial charge >= 0.3 is 5.97 Å². The molecule has 3 aromatic rings. The lowest BCUT2D eigenvalue weighted by Crippen LogP contribution is -2.04. The fourth-order valence-corrected chi connectivity index (χ4v) is 2.06. The normalized spacial score (nSPS) is 10.5. The number of nitriles is 1. The highest BCUT2D eigenvalue weighted by molar-refractivity contribution is 6.01. The summed E-state index contributed by atoms with van der Waals surface area (Å²) < 4.78 is 14.6. The summed E-state index contributed by atoms with van der Waals surface area (Å²) in [6, 6.07) is 10.2. The maximum absolute atomic E-state index is 13.4. The first kappa shape index (κ1) is 12.7. The van der Waals surface area contributed by atoms with E-state index in [-0.39, 0.29) is 11.1 Å². The predicted molar refractivity (Wildman–Crippen MR) is 70.5 cm³/mol. The SMILES string of the molecule is N#Cc1cc(-n2nnc3cccc(C(=O)O)c32)ccc1F. The largest absolute Gasteiger partial charge is 0.478 e. The number of carboxylic acid groups (broad SMARTS) is 1. The van der Waals surface area contributed by atoms with Crippen LogP contribution in [0.3, 0.4) is 0 Å². The van der Waals surface area contributed by atoms with E-state index < -0.39 is 11.8 Å². The lowest BCUT2D eigenvalue weighted by molar-refractivity contribution is 0.0698. The van der Waals surface area contributed by atoms with Gasteiger partial charge in [0.2, 0.25) is 0 Å². The van der Waals surface area contributed by atoms with Gasteiger partial charge in [-0.15, -0.1) is 5.10 Å². The van der Waals surface area contributed by atoms with Crippen molar-refractivity contribution in [3.63, 3.8) is 0 Å². The number of halogens is 1. The topological polar surface area (TPSA) is 91.8 Å². The highest BCUT2D eigenvalue weighted by Crippen LogP contribution is 2.21. The summed E-state index contributed by atoms with van der Waals surface area (Å²) in [5.41, 5.74) is 0.937. The smallest absolute Gasteiger partial charge is 0.337 e. The second kappa shape index (κ2) is 4.68. The standard InChI is InChI=1S/C14H7FN4O2/c15-11-5-4-9(6-8(11)7-16)19-13-10(14(20)21)2-1-3-12(13)17-18-19/h1-6H,(H,20,21). The van der Waals surface area contributed by atoms with Gasteiger partial charge in [0.05, 0.1) is 16.8 Å². The predicted octanol–water partition coefficient (Wildman–Crippen LogP) is 2.13. The van der Waals surface area contributed by atoms with E-state index in [9.17, 15) is 14.3 Å². The summed E-state index contributed by atoms with van der Waals surface area (Å²) in [7, 11) is 0. The molecule has 1 N–H and O–H groups in total. The van der Waals surface area contributed by atoms with Crippen LogP contribution in [0.15, 0.2) is 36.4 Å². The van der Waals surface area contributed by atoms with Crippen LogP contribution < -0.4 is 0 Å². The Kier molecular flexibility index (Phi) is 2.84. The molecule has 102 valence electrons. The van der Waals surface area contributed by atoms with Crippen molar-refractivity contribution >= 4 is 17.0 Å². The number of fused-ring (bicyclic) bond motifs is 1. The Morgan fingerprint density at radius 2 is 2.14 bits per heavy atom. The average molecular weight is 282 g/mol. The Morgan fingerprint density at radius 1 is 1.33 bits per heavy atom. The van der Waals surface area contributed by atoms with Gasteiger partial charge in [-0.1, -0.05) is 11.3 Å². The van der Waals surface area contributed by atoms with Crippen LogP contribution in [0.1, 0.15) is 15.9 Å². The summed E-state index contributed by atoms with van der Waals surface area (Å²) in [6.45, 7) is 0. The molecule has 0 saturated heterocycles. The molecule has 1 aromatic heterocycles. The van der Waals surface area contributed by atoms with Crippen molar-refractivity contribution in [1.82, 2.24) is 15.0 Å². The van der Waals surface area contributed by atoms with E-state index in [1.165, 1.54) is 22.9 Å². The van der Waals surface area contributed by atoms with Crippen LogP contribution >= 0.6 is 0 Å². The zero-order chi connectivity index (χ0) is 15.0. The number of carbonyl (C=O) groups is 1. The molecule has 2 aromatic carbocycles. The van der Waals surface area contributed by atoms with Crippen molar-refractivity contribution < 1.29 is 14.3 Å². The maximum atomic E-state index is 13.4. The van der Waals surface area contributed by atoms with E-state index in [1.54, 1.807) is 18.2 Å². The molecule has 0 unspecified atom stereocenters. The van der Waals surface area contributed by atoms with Crippen molar-refractivity contribution in [3.05, 3.63) is 53.3 Å². The Hall–Kier alpha value is -3.27. The first-order valence-corrected chi connectivity index (χ1v) is 5.89. The maximum Gasteiger partial charge on any atom is 0.337 e. The number of rotatable bonds is 2. The summed E-state index contributed by atoms with van der Waals surface area (Å²) >= 11 is 0. The Morgan fingerprint density at radius 3 is 2.86 bits per heavy atom. The molecule has 0 radical (unpaired) electrons. The van der Waals surface area contributed by atoms with E-state index in [4.69, 9.17) is 5.26 Å². The van der Waals surface area contributed by atoms with Crippen LogP contribution in [0.2, 0.25) is 0 Å². The molecule has 1 heterocycles. The third-order valence-electron chi connectivity index (χ3n) is 3.01. The molecule has 0 aliphatic carbocycles. The molecular weight excluding hydrogens is 275 g/mol. The average Bonchev–Trinajstić information content (AvgIpc) is 2.91. The number of para-hydroxylation sites is 1. The zero-order valence-electron chi connectivity index (χ0n) is 10.5.